The summed E-state index contributed by atoms with van der Waals surface area (Å²) in [5.74, 6) is 0.0696. The van der Waals surface area contributed by atoms with Gasteiger partial charge in [-0.05, 0) is 31.4 Å². The van der Waals surface area contributed by atoms with E-state index in [-0.39, 0.29) is 35.4 Å². The number of ketones is 1. The molecule has 0 saturated carbocycles. The molecule has 0 bridgehead atoms. The van der Waals surface area contributed by atoms with Gasteiger partial charge in [-0.15, -0.1) is 0 Å². The minimum atomic E-state index is -0.342. The van der Waals surface area contributed by atoms with E-state index in [0.29, 0.717) is 35.9 Å². The highest BCUT2D eigenvalue weighted by Gasteiger charge is 2.14. The van der Waals surface area contributed by atoms with Crippen molar-refractivity contribution < 1.29 is 9.21 Å². The zero-order chi connectivity index (χ0) is 17.1. The first-order chi connectivity index (χ1) is 11.5. The number of aromatic nitrogens is 3. The van der Waals surface area contributed by atoms with Crippen molar-refractivity contribution in [1.82, 2.24) is 15.0 Å². The molecule has 0 spiro atoms. The van der Waals surface area contributed by atoms with Crippen LogP contribution < -0.4 is 17.0 Å². The van der Waals surface area contributed by atoms with Gasteiger partial charge < -0.3 is 15.9 Å². The molecule has 0 unspecified atom stereocenters. The molecule has 5 N–H and O–H groups in total. The van der Waals surface area contributed by atoms with Gasteiger partial charge in [0.2, 0.25) is 11.7 Å². The number of H-pyrrole nitrogens is 1. The monoisotopic (exact) mass is 327 g/mol. The van der Waals surface area contributed by atoms with Crippen molar-refractivity contribution in [3.63, 3.8) is 0 Å². The minimum Gasteiger partial charge on any atom is -0.434 e. The van der Waals surface area contributed by atoms with Gasteiger partial charge in [0.05, 0.1) is 5.56 Å². The third-order valence-electron chi connectivity index (χ3n) is 3.68. The van der Waals surface area contributed by atoms with E-state index in [4.69, 9.17) is 15.9 Å². The number of nitrogens with two attached hydrogens (primary N) is 2. The molecule has 0 atom stereocenters. The number of nitrogens with zero attached hydrogens (tertiary/aromatic N) is 2. The second-order valence-electron chi connectivity index (χ2n) is 5.43. The Morgan fingerprint density at radius 1 is 1.17 bits per heavy atom. The Hall–Kier alpha value is -3.16. The number of nitrogens with one attached hydrogen (secondary N) is 1. The van der Waals surface area contributed by atoms with Gasteiger partial charge in [0.15, 0.2) is 5.58 Å². The highest BCUT2D eigenvalue weighted by molar-refractivity contribution is 5.94. The first-order valence-corrected chi connectivity index (χ1v) is 7.57. The van der Waals surface area contributed by atoms with Gasteiger partial charge in [0, 0.05) is 6.42 Å². The Labute approximate surface area is 136 Å². The first kappa shape index (κ1) is 15.7. The molecule has 0 radical (unpaired) electrons. The zero-order valence-electron chi connectivity index (χ0n) is 12.9. The maximum Gasteiger partial charge on any atom is 0.264 e. The number of Topliss-reactive ketones (excluding diaryl/α,β-unsaturated/α-hetero) is 1. The number of fused-ring (bicyclic) bond motifs is 1. The summed E-state index contributed by atoms with van der Waals surface area (Å²) in [5.41, 5.74) is 12.4. The van der Waals surface area contributed by atoms with Crippen molar-refractivity contribution >= 4 is 28.6 Å². The molecule has 2 heterocycles. The topological polar surface area (TPSA) is 141 Å². The lowest BCUT2D eigenvalue weighted by atomic mass is 10.1. The number of anilines is 2. The number of hydrogen-bond acceptors (Lipinski definition) is 7. The number of oxazole rings is 1. The van der Waals surface area contributed by atoms with Crippen LogP contribution in [-0.2, 0) is 6.42 Å². The fourth-order valence-corrected chi connectivity index (χ4v) is 2.46. The lowest BCUT2D eigenvalue weighted by Gasteiger charge is -2.04. The van der Waals surface area contributed by atoms with Gasteiger partial charge in [-0.3, -0.25) is 14.6 Å². The molecule has 2 aromatic heterocycles. The van der Waals surface area contributed by atoms with E-state index in [1.807, 2.05) is 12.1 Å². The van der Waals surface area contributed by atoms with Crippen molar-refractivity contribution in [2.75, 3.05) is 11.5 Å². The van der Waals surface area contributed by atoms with Gasteiger partial charge in [0.25, 0.3) is 11.4 Å². The van der Waals surface area contributed by atoms with E-state index in [9.17, 15) is 9.59 Å². The van der Waals surface area contributed by atoms with Crippen LogP contribution in [0.4, 0.5) is 11.8 Å². The molecule has 0 aliphatic heterocycles. The van der Waals surface area contributed by atoms with Crippen LogP contribution in [0.5, 0.6) is 0 Å². The molecule has 3 aromatic rings. The Balaban J connectivity index is 1.57. The van der Waals surface area contributed by atoms with E-state index in [2.05, 4.69) is 15.0 Å². The summed E-state index contributed by atoms with van der Waals surface area (Å²) >= 11 is 0. The van der Waals surface area contributed by atoms with Gasteiger partial charge in [0.1, 0.15) is 11.3 Å². The van der Waals surface area contributed by atoms with E-state index < -0.39 is 0 Å². The number of rotatable bonds is 6. The molecule has 0 fully saturated rings. The summed E-state index contributed by atoms with van der Waals surface area (Å²) in [7, 11) is 0. The average molecular weight is 327 g/mol. The fraction of sp³-hybridized carbons (Fsp3) is 0.250. The van der Waals surface area contributed by atoms with Gasteiger partial charge in [-0.25, -0.2) is 4.98 Å². The van der Waals surface area contributed by atoms with Crippen LogP contribution in [0, 0.1) is 0 Å². The molecule has 24 heavy (non-hydrogen) atoms. The van der Waals surface area contributed by atoms with Crippen molar-refractivity contribution in [3.05, 3.63) is 46.1 Å². The van der Waals surface area contributed by atoms with Gasteiger partial charge >= 0.3 is 0 Å². The Kier molecular flexibility index (Phi) is 4.28. The summed E-state index contributed by atoms with van der Waals surface area (Å²) in [4.78, 5) is 34.3. The molecule has 124 valence electrons. The van der Waals surface area contributed by atoms with E-state index in [1.54, 1.807) is 12.1 Å². The highest BCUT2D eigenvalue weighted by Crippen LogP contribution is 2.17. The van der Waals surface area contributed by atoms with Crippen molar-refractivity contribution in [1.29, 1.82) is 0 Å². The number of hydrogen-bond donors (Lipinski definition) is 3. The summed E-state index contributed by atoms with van der Waals surface area (Å²) in [6.07, 6.45) is 1.91. The Morgan fingerprint density at radius 2 is 1.96 bits per heavy atom. The van der Waals surface area contributed by atoms with Crippen LogP contribution in [0.15, 0.2) is 33.5 Å². The Bertz CT molecular complexity index is 911. The van der Waals surface area contributed by atoms with Gasteiger partial charge in [-0.2, -0.15) is 4.98 Å². The Morgan fingerprint density at radius 3 is 2.71 bits per heavy atom. The van der Waals surface area contributed by atoms with Crippen LogP contribution in [-0.4, -0.2) is 20.7 Å². The van der Waals surface area contributed by atoms with Crippen LogP contribution in [0.25, 0.3) is 11.1 Å². The lowest BCUT2D eigenvalue weighted by molar-refractivity contribution is 0.0948. The van der Waals surface area contributed by atoms with E-state index in [0.717, 1.165) is 0 Å². The third kappa shape index (κ3) is 3.27. The maximum atomic E-state index is 12.1. The molecule has 0 saturated heterocycles. The number of aromatic amines is 1. The van der Waals surface area contributed by atoms with Gasteiger partial charge in [-0.1, -0.05) is 12.1 Å². The molecule has 1 aromatic carbocycles. The predicted octanol–water partition coefficient (Wildman–Crippen LogP) is 1.67. The van der Waals surface area contributed by atoms with E-state index >= 15 is 0 Å². The molecule has 8 nitrogen and oxygen atoms in total. The SMILES string of the molecule is Nc1nc(N)c(CCCCC(=O)c2nc3ccccc3o2)c(=O)[nH]1. The van der Waals surface area contributed by atoms with Crippen LogP contribution >= 0.6 is 0 Å². The number of carbonyl (C=O) groups is 1. The summed E-state index contributed by atoms with van der Waals surface area (Å²) < 4.78 is 5.44. The zero-order valence-corrected chi connectivity index (χ0v) is 12.9. The smallest absolute Gasteiger partial charge is 0.264 e. The number of unbranched alkanes of at least 4 members (excludes halogenated alkanes) is 1. The van der Waals surface area contributed by atoms with Crippen molar-refractivity contribution in [2.24, 2.45) is 0 Å². The fourth-order valence-electron chi connectivity index (χ4n) is 2.46. The average Bonchev–Trinajstić information content (AvgIpc) is 2.97. The summed E-state index contributed by atoms with van der Waals surface area (Å²) in [5, 5.41) is 0. The standard InChI is InChI=1S/C16H17N5O3/c17-13-9(14(23)21-16(18)20-13)5-1-3-7-11(22)15-19-10-6-2-4-8-12(10)24-15/h2,4,6,8H,1,3,5,7H2,(H5,17,18,20,21,23). The molecular weight excluding hydrogens is 310 g/mol. The van der Waals surface area contributed by atoms with Crippen molar-refractivity contribution in [2.45, 2.75) is 25.7 Å². The quantitative estimate of drug-likeness (QED) is 0.462. The lowest BCUT2D eigenvalue weighted by Crippen LogP contribution is -2.19. The summed E-state index contributed by atoms with van der Waals surface area (Å²) in [6.45, 7) is 0. The van der Waals surface area contributed by atoms with Crippen LogP contribution in [0.3, 0.4) is 0 Å². The first-order valence-electron chi connectivity index (χ1n) is 7.57. The number of benzene rings is 1. The second-order valence-corrected chi connectivity index (χ2v) is 5.43. The predicted molar refractivity (Wildman–Crippen MR) is 89.6 cm³/mol. The molecule has 0 amide bonds. The number of nitrogen functional groups attached to an aromatic ring is 2. The number of carbonyl (C=O) groups excluding carboxylic acids is 1. The maximum absolute atomic E-state index is 12.1. The largest absolute Gasteiger partial charge is 0.434 e. The van der Waals surface area contributed by atoms with Crippen LogP contribution in [0.1, 0.15) is 35.5 Å². The molecular formula is C16H17N5O3. The normalized spacial score (nSPS) is 11.0. The third-order valence-corrected chi connectivity index (χ3v) is 3.68. The van der Waals surface area contributed by atoms with Crippen LogP contribution in [0.2, 0.25) is 0 Å². The summed E-state index contributed by atoms with van der Waals surface area (Å²) in [6, 6.07) is 7.22. The molecule has 0 aliphatic carbocycles. The van der Waals surface area contributed by atoms with Crippen molar-refractivity contribution in [3.8, 4) is 0 Å². The molecule has 0 aliphatic rings. The molecule has 3 rings (SSSR count). The van der Waals surface area contributed by atoms with E-state index in [1.165, 1.54) is 0 Å². The minimum absolute atomic E-state index is 0.00705. The highest BCUT2D eigenvalue weighted by atomic mass is 16.4. The second kappa shape index (κ2) is 6.53. The molecule has 8 heteroatoms. The number of para-hydroxylation sites is 2.